The van der Waals surface area contributed by atoms with Gasteiger partial charge in [0.05, 0.1) is 17.7 Å². The first-order valence-corrected chi connectivity index (χ1v) is 8.62. The minimum atomic E-state index is -3.00. The number of nitrogens with zero attached hydrogens (tertiary/aromatic N) is 3. The maximum Gasteiger partial charge on any atom is 0.249 e. The first-order valence-electron chi connectivity index (χ1n) is 6.80. The van der Waals surface area contributed by atoms with Crippen LogP contribution in [-0.2, 0) is 9.84 Å². The quantitative estimate of drug-likeness (QED) is 0.869. The lowest BCUT2D eigenvalue weighted by molar-refractivity contribution is 0.509. The summed E-state index contributed by atoms with van der Waals surface area (Å²) in [7, 11) is -3.00. The summed E-state index contributed by atoms with van der Waals surface area (Å²) in [5.74, 6) is -1.32. The number of rotatable bonds is 4. The highest BCUT2D eigenvalue weighted by molar-refractivity contribution is 7.91. The van der Waals surface area contributed by atoms with E-state index in [4.69, 9.17) is 0 Å². The lowest BCUT2D eigenvalue weighted by Gasteiger charge is -2.11. The van der Waals surface area contributed by atoms with E-state index in [9.17, 15) is 17.2 Å². The highest BCUT2D eigenvalue weighted by Crippen LogP contribution is 2.19. The zero-order chi connectivity index (χ0) is 16.4. The van der Waals surface area contributed by atoms with Crippen LogP contribution in [0.4, 0.5) is 26.2 Å². The molecule has 1 saturated heterocycles. The fourth-order valence-corrected chi connectivity index (χ4v) is 3.92. The van der Waals surface area contributed by atoms with Gasteiger partial charge in [-0.2, -0.15) is 10.1 Å². The summed E-state index contributed by atoms with van der Waals surface area (Å²) in [5, 5.41) is 13.2. The Hall–Kier alpha value is -2.36. The van der Waals surface area contributed by atoms with E-state index < -0.39 is 21.5 Å². The van der Waals surface area contributed by atoms with E-state index in [2.05, 4.69) is 25.8 Å². The molecule has 23 heavy (non-hydrogen) atoms. The van der Waals surface area contributed by atoms with Crippen LogP contribution in [0, 0.1) is 11.6 Å². The maximum atomic E-state index is 13.2. The molecular weight excluding hydrogens is 328 g/mol. The lowest BCUT2D eigenvalue weighted by atomic mass is 10.3. The third-order valence-corrected chi connectivity index (χ3v) is 5.09. The average molecular weight is 341 g/mol. The van der Waals surface area contributed by atoms with Crippen molar-refractivity contribution in [3.05, 3.63) is 36.0 Å². The molecule has 7 nitrogen and oxygen atoms in total. The molecule has 0 bridgehead atoms. The summed E-state index contributed by atoms with van der Waals surface area (Å²) in [4.78, 5) is 4.12. The molecule has 0 spiro atoms. The summed E-state index contributed by atoms with van der Waals surface area (Å²) >= 11 is 0. The van der Waals surface area contributed by atoms with Gasteiger partial charge in [0.1, 0.15) is 0 Å². The van der Waals surface area contributed by atoms with E-state index in [-0.39, 0.29) is 29.2 Å². The van der Waals surface area contributed by atoms with Gasteiger partial charge in [0.2, 0.25) is 5.95 Å². The first kappa shape index (κ1) is 15.5. The topological polar surface area (TPSA) is 96.9 Å². The SMILES string of the molecule is O=S1(=O)CCC(Nc2cnnc(Nc3ccc(F)c(F)c3)n2)C1. The van der Waals surface area contributed by atoms with Crippen LogP contribution in [0.5, 0.6) is 0 Å². The molecule has 3 rings (SSSR count). The van der Waals surface area contributed by atoms with Gasteiger partial charge in [0, 0.05) is 17.8 Å². The van der Waals surface area contributed by atoms with Crippen molar-refractivity contribution < 1.29 is 17.2 Å². The second-order valence-electron chi connectivity index (χ2n) is 5.16. The smallest absolute Gasteiger partial charge is 0.249 e. The first-order chi connectivity index (χ1) is 10.9. The molecule has 0 saturated carbocycles. The molecule has 0 aliphatic carbocycles. The number of benzene rings is 1. The van der Waals surface area contributed by atoms with E-state index >= 15 is 0 Å². The molecule has 2 aromatic rings. The molecule has 10 heteroatoms. The van der Waals surface area contributed by atoms with Gasteiger partial charge in [0.15, 0.2) is 27.3 Å². The van der Waals surface area contributed by atoms with Crippen LogP contribution in [0.25, 0.3) is 0 Å². The van der Waals surface area contributed by atoms with Crippen molar-refractivity contribution in [1.82, 2.24) is 15.2 Å². The van der Waals surface area contributed by atoms with Crippen molar-refractivity contribution in [2.24, 2.45) is 0 Å². The number of hydrogen-bond donors (Lipinski definition) is 2. The van der Waals surface area contributed by atoms with Gasteiger partial charge < -0.3 is 10.6 Å². The standard InChI is InChI=1S/C13H13F2N5O2S/c14-10-2-1-8(5-11(10)15)18-13-19-12(6-16-20-13)17-9-3-4-23(21,22)7-9/h1-2,5-6,9H,3-4,7H2,(H2,17,18,19,20). The third-order valence-electron chi connectivity index (χ3n) is 3.32. The summed E-state index contributed by atoms with van der Waals surface area (Å²) in [6.45, 7) is 0. The monoisotopic (exact) mass is 341 g/mol. The van der Waals surface area contributed by atoms with E-state index in [1.54, 1.807) is 0 Å². The van der Waals surface area contributed by atoms with Gasteiger partial charge in [-0.05, 0) is 18.6 Å². The zero-order valence-corrected chi connectivity index (χ0v) is 12.6. The molecule has 1 aliphatic heterocycles. The molecule has 1 atom stereocenters. The Kier molecular flexibility index (Phi) is 4.07. The minimum absolute atomic E-state index is 0.0446. The fraction of sp³-hybridized carbons (Fsp3) is 0.308. The number of nitrogens with one attached hydrogen (secondary N) is 2. The molecule has 2 N–H and O–H groups in total. The van der Waals surface area contributed by atoms with E-state index in [1.165, 1.54) is 12.3 Å². The van der Waals surface area contributed by atoms with Gasteiger partial charge in [-0.15, -0.1) is 5.10 Å². The Bertz CT molecular complexity index is 831. The Balaban J connectivity index is 1.71. The van der Waals surface area contributed by atoms with Crippen LogP contribution in [0.15, 0.2) is 24.4 Å². The van der Waals surface area contributed by atoms with E-state index in [0.29, 0.717) is 12.2 Å². The number of aromatic nitrogens is 3. The van der Waals surface area contributed by atoms with Gasteiger partial charge in [-0.25, -0.2) is 17.2 Å². The molecule has 2 heterocycles. The molecule has 122 valence electrons. The Labute approximate surface area is 131 Å². The maximum absolute atomic E-state index is 13.2. The molecule has 0 amide bonds. The normalized spacial score (nSPS) is 19.5. The predicted molar refractivity (Wildman–Crippen MR) is 80.1 cm³/mol. The molecule has 1 fully saturated rings. The van der Waals surface area contributed by atoms with Crippen LogP contribution in [0.3, 0.4) is 0 Å². The van der Waals surface area contributed by atoms with Crippen LogP contribution in [0.2, 0.25) is 0 Å². The number of halogens is 2. The number of anilines is 3. The van der Waals surface area contributed by atoms with E-state index in [1.807, 2.05) is 0 Å². The molecule has 1 aromatic carbocycles. The van der Waals surface area contributed by atoms with Crippen LogP contribution in [0.1, 0.15) is 6.42 Å². The van der Waals surface area contributed by atoms with Crippen molar-refractivity contribution in [3.63, 3.8) is 0 Å². The summed E-state index contributed by atoms with van der Waals surface area (Å²) in [6.07, 6.45) is 1.86. The highest BCUT2D eigenvalue weighted by Gasteiger charge is 2.28. The molecule has 1 aromatic heterocycles. The lowest BCUT2D eigenvalue weighted by Crippen LogP contribution is -2.21. The molecule has 0 radical (unpaired) electrons. The summed E-state index contributed by atoms with van der Waals surface area (Å²) in [5.41, 5.74) is 0.270. The third kappa shape index (κ3) is 3.89. The van der Waals surface area contributed by atoms with Crippen LogP contribution >= 0.6 is 0 Å². The van der Waals surface area contributed by atoms with E-state index in [0.717, 1.165) is 12.1 Å². The van der Waals surface area contributed by atoms with Gasteiger partial charge in [-0.3, -0.25) is 0 Å². The second-order valence-corrected chi connectivity index (χ2v) is 7.39. The van der Waals surface area contributed by atoms with Gasteiger partial charge in [0.25, 0.3) is 0 Å². The number of sulfone groups is 1. The van der Waals surface area contributed by atoms with Crippen molar-refractivity contribution in [2.45, 2.75) is 12.5 Å². The van der Waals surface area contributed by atoms with Crippen molar-refractivity contribution in [1.29, 1.82) is 0 Å². The Morgan fingerprint density at radius 3 is 2.74 bits per heavy atom. The van der Waals surface area contributed by atoms with Gasteiger partial charge >= 0.3 is 0 Å². The second kappa shape index (κ2) is 6.03. The van der Waals surface area contributed by atoms with Crippen LogP contribution < -0.4 is 10.6 Å². The Morgan fingerprint density at radius 1 is 1.22 bits per heavy atom. The summed E-state index contributed by atoms with van der Waals surface area (Å²) < 4.78 is 48.9. The zero-order valence-electron chi connectivity index (χ0n) is 11.8. The average Bonchev–Trinajstić information content (AvgIpc) is 2.82. The highest BCUT2D eigenvalue weighted by atomic mass is 32.2. The van der Waals surface area contributed by atoms with Crippen LogP contribution in [-0.4, -0.2) is 41.1 Å². The Morgan fingerprint density at radius 2 is 2.04 bits per heavy atom. The van der Waals surface area contributed by atoms with Gasteiger partial charge in [-0.1, -0.05) is 0 Å². The molecule has 1 unspecified atom stereocenters. The predicted octanol–water partition coefficient (Wildman–Crippen LogP) is 1.49. The molecular formula is C13H13F2N5O2S. The minimum Gasteiger partial charge on any atom is -0.365 e. The van der Waals surface area contributed by atoms with Crippen molar-refractivity contribution in [3.8, 4) is 0 Å². The van der Waals surface area contributed by atoms with Crippen molar-refractivity contribution in [2.75, 3.05) is 22.1 Å². The largest absolute Gasteiger partial charge is 0.365 e. The fourth-order valence-electron chi connectivity index (χ4n) is 2.25. The molecule has 1 aliphatic rings. The number of hydrogen-bond acceptors (Lipinski definition) is 7. The van der Waals surface area contributed by atoms with Crippen molar-refractivity contribution >= 4 is 27.3 Å². The summed E-state index contributed by atoms with van der Waals surface area (Å²) in [6, 6.07) is 3.07.